The molecule has 6 nitrogen and oxygen atoms in total. The van der Waals surface area contributed by atoms with Gasteiger partial charge in [0.1, 0.15) is 5.75 Å². The molecule has 2 aromatic rings. The molecule has 0 atom stereocenters. The normalized spacial score (nSPS) is 10.8. The summed E-state index contributed by atoms with van der Waals surface area (Å²) in [7, 11) is 1.54. The number of benzene rings is 2. The van der Waals surface area contributed by atoms with Crippen LogP contribution in [0.2, 0.25) is 0 Å². The van der Waals surface area contributed by atoms with Gasteiger partial charge < -0.3 is 14.2 Å². The average Bonchev–Trinajstić information content (AvgIpc) is 2.63. The SMILES string of the molecule is CCOc1cc(/C=N\NC(=O)c2ccc(OC)cc2)ccc1OC(F)F. The fraction of sp³-hybridized carbons (Fsp3) is 0.222. The number of halogens is 2. The summed E-state index contributed by atoms with van der Waals surface area (Å²) in [5, 5.41) is 3.85. The molecular weight excluding hydrogens is 346 g/mol. The van der Waals surface area contributed by atoms with Gasteiger partial charge in [-0.3, -0.25) is 4.79 Å². The third kappa shape index (κ3) is 5.44. The summed E-state index contributed by atoms with van der Waals surface area (Å²) in [6.45, 7) is -0.936. The quantitative estimate of drug-likeness (QED) is 0.575. The summed E-state index contributed by atoms with van der Waals surface area (Å²) in [6.07, 6.45) is 1.37. The molecule has 0 aromatic heterocycles. The van der Waals surface area contributed by atoms with Gasteiger partial charge in [-0.2, -0.15) is 13.9 Å². The number of carbonyl (C=O) groups is 1. The molecule has 0 saturated carbocycles. The van der Waals surface area contributed by atoms with Crippen LogP contribution in [0, 0.1) is 0 Å². The Balaban J connectivity index is 2.04. The molecule has 0 unspecified atom stereocenters. The third-order valence-corrected chi connectivity index (χ3v) is 3.22. The van der Waals surface area contributed by atoms with Gasteiger partial charge in [0.05, 0.1) is 19.9 Å². The van der Waals surface area contributed by atoms with E-state index in [1.165, 1.54) is 31.5 Å². The lowest BCUT2D eigenvalue weighted by Gasteiger charge is -2.11. The molecule has 0 heterocycles. The molecule has 1 amide bonds. The van der Waals surface area contributed by atoms with E-state index in [1.807, 2.05) is 0 Å². The van der Waals surface area contributed by atoms with Crippen molar-refractivity contribution in [2.45, 2.75) is 13.5 Å². The van der Waals surface area contributed by atoms with E-state index in [0.717, 1.165) is 0 Å². The zero-order chi connectivity index (χ0) is 18.9. The molecule has 0 radical (unpaired) electrons. The first-order valence-corrected chi connectivity index (χ1v) is 7.72. The zero-order valence-corrected chi connectivity index (χ0v) is 14.2. The molecular formula is C18H18F2N2O4. The van der Waals surface area contributed by atoms with Crippen molar-refractivity contribution in [3.8, 4) is 17.2 Å². The predicted octanol–water partition coefficient (Wildman–Crippen LogP) is 3.46. The Bertz CT molecular complexity index is 764. The third-order valence-electron chi connectivity index (χ3n) is 3.22. The van der Waals surface area contributed by atoms with Gasteiger partial charge in [0, 0.05) is 5.56 Å². The first-order valence-electron chi connectivity index (χ1n) is 7.72. The summed E-state index contributed by atoms with van der Waals surface area (Å²) in [4.78, 5) is 12.0. The van der Waals surface area contributed by atoms with Crippen LogP contribution in [0.3, 0.4) is 0 Å². The van der Waals surface area contributed by atoms with Crippen molar-refractivity contribution in [3.63, 3.8) is 0 Å². The second kappa shape index (κ2) is 9.36. The van der Waals surface area contributed by atoms with Crippen LogP contribution in [0.4, 0.5) is 8.78 Å². The Morgan fingerprint density at radius 1 is 1.19 bits per heavy atom. The number of hydrogen-bond donors (Lipinski definition) is 1. The van der Waals surface area contributed by atoms with Crippen LogP contribution in [0.15, 0.2) is 47.6 Å². The van der Waals surface area contributed by atoms with Gasteiger partial charge in [0.15, 0.2) is 11.5 Å². The van der Waals surface area contributed by atoms with Gasteiger partial charge in [-0.25, -0.2) is 5.43 Å². The Morgan fingerprint density at radius 2 is 1.92 bits per heavy atom. The minimum atomic E-state index is -2.95. The van der Waals surface area contributed by atoms with Gasteiger partial charge in [0.2, 0.25) is 0 Å². The number of amides is 1. The Morgan fingerprint density at radius 3 is 2.54 bits per heavy atom. The van der Waals surface area contributed by atoms with Crippen molar-refractivity contribution >= 4 is 12.1 Å². The highest BCUT2D eigenvalue weighted by atomic mass is 19.3. The van der Waals surface area contributed by atoms with E-state index < -0.39 is 12.5 Å². The zero-order valence-electron chi connectivity index (χ0n) is 14.2. The second-order valence-electron chi connectivity index (χ2n) is 4.95. The smallest absolute Gasteiger partial charge is 0.387 e. The van der Waals surface area contributed by atoms with Crippen LogP contribution < -0.4 is 19.6 Å². The van der Waals surface area contributed by atoms with Crippen LogP contribution in [0.25, 0.3) is 0 Å². The minimum absolute atomic E-state index is 0.0683. The minimum Gasteiger partial charge on any atom is -0.497 e. The molecule has 2 rings (SSSR count). The van der Waals surface area contributed by atoms with Crippen molar-refractivity contribution in [1.29, 1.82) is 0 Å². The number of ether oxygens (including phenoxy) is 3. The van der Waals surface area contributed by atoms with Crippen molar-refractivity contribution in [2.24, 2.45) is 5.10 Å². The molecule has 0 aliphatic rings. The topological polar surface area (TPSA) is 69.2 Å². The number of rotatable bonds is 8. The van der Waals surface area contributed by atoms with Gasteiger partial charge in [-0.1, -0.05) is 0 Å². The number of nitrogens with zero attached hydrogens (tertiary/aromatic N) is 1. The molecule has 8 heteroatoms. The van der Waals surface area contributed by atoms with Crippen molar-refractivity contribution in [1.82, 2.24) is 5.43 Å². The lowest BCUT2D eigenvalue weighted by Crippen LogP contribution is -2.17. The molecule has 0 fully saturated rings. The second-order valence-corrected chi connectivity index (χ2v) is 4.95. The number of carbonyl (C=O) groups excluding carboxylic acids is 1. The molecule has 0 aliphatic carbocycles. The van der Waals surface area contributed by atoms with Crippen LogP contribution >= 0.6 is 0 Å². The fourth-order valence-corrected chi connectivity index (χ4v) is 2.04. The van der Waals surface area contributed by atoms with Gasteiger partial charge in [0.25, 0.3) is 5.91 Å². The van der Waals surface area contributed by atoms with E-state index in [0.29, 0.717) is 16.9 Å². The van der Waals surface area contributed by atoms with Crippen molar-refractivity contribution < 1.29 is 27.8 Å². The van der Waals surface area contributed by atoms with E-state index in [4.69, 9.17) is 9.47 Å². The van der Waals surface area contributed by atoms with E-state index in [9.17, 15) is 13.6 Å². The number of hydrogen-bond acceptors (Lipinski definition) is 5. The summed E-state index contributed by atoms with van der Waals surface area (Å²) >= 11 is 0. The summed E-state index contributed by atoms with van der Waals surface area (Å²) in [5.74, 6) is 0.339. The van der Waals surface area contributed by atoms with Crippen molar-refractivity contribution in [2.75, 3.05) is 13.7 Å². The summed E-state index contributed by atoms with van der Waals surface area (Å²) < 4.78 is 39.5. The fourth-order valence-electron chi connectivity index (χ4n) is 2.04. The van der Waals surface area contributed by atoms with E-state index in [-0.39, 0.29) is 18.1 Å². The lowest BCUT2D eigenvalue weighted by atomic mass is 10.2. The number of nitrogens with one attached hydrogen (secondary N) is 1. The molecule has 0 saturated heterocycles. The Hall–Kier alpha value is -3.16. The highest BCUT2D eigenvalue weighted by Crippen LogP contribution is 2.29. The van der Waals surface area contributed by atoms with Crippen molar-refractivity contribution in [3.05, 3.63) is 53.6 Å². The molecule has 1 N–H and O–H groups in total. The molecule has 0 bridgehead atoms. The maximum Gasteiger partial charge on any atom is 0.387 e. The maximum absolute atomic E-state index is 12.4. The number of alkyl halides is 2. The van der Waals surface area contributed by atoms with E-state index >= 15 is 0 Å². The lowest BCUT2D eigenvalue weighted by molar-refractivity contribution is -0.0514. The highest BCUT2D eigenvalue weighted by Gasteiger charge is 2.11. The molecule has 0 aliphatic heterocycles. The largest absolute Gasteiger partial charge is 0.497 e. The first kappa shape index (κ1) is 19.2. The summed E-state index contributed by atoms with van der Waals surface area (Å²) in [6, 6.07) is 10.9. The van der Waals surface area contributed by atoms with Crippen LogP contribution in [-0.4, -0.2) is 32.4 Å². The first-order chi connectivity index (χ1) is 12.5. The maximum atomic E-state index is 12.4. The van der Waals surface area contributed by atoms with Gasteiger partial charge in [-0.15, -0.1) is 0 Å². The molecule has 2 aromatic carbocycles. The highest BCUT2D eigenvalue weighted by molar-refractivity contribution is 5.95. The monoisotopic (exact) mass is 364 g/mol. The molecule has 0 spiro atoms. The number of methoxy groups -OCH3 is 1. The Kier molecular flexibility index (Phi) is 6.90. The van der Waals surface area contributed by atoms with Crippen LogP contribution in [-0.2, 0) is 0 Å². The van der Waals surface area contributed by atoms with Gasteiger partial charge in [-0.05, 0) is 55.0 Å². The predicted molar refractivity (Wildman–Crippen MR) is 92.3 cm³/mol. The van der Waals surface area contributed by atoms with E-state index in [1.54, 1.807) is 31.2 Å². The van der Waals surface area contributed by atoms with Gasteiger partial charge >= 0.3 is 6.61 Å². The van der Waals surface area contributed by atoms with Crippen LogP contribution in [0.1, 0.15) is 22.8 Å². The Labute approximate surface area is 149 Å². The number of hydrazone groups is 1. The average molecular weight is 364 g/mol. The summed E-state index contributed by atoms with van der Waals surface area (Å²) in [5.41, 5.74) is 3.34. The standard InChI is InChI=1S/C18H18F2N2O4/c1-3-25-16-10-12(4-9-15(16)26-18(19)20)11-21-22-17(23)13-5-7-14(24-2)8-6-13/h4-11,18H,3H2,1-2H3,(H,22,23)/b21-11-. The van der Waals surface area contributed by atoms with Crippen LogP contribution in [0.5, 0.6) is 17.2 Å². The molecule has 138 valence electrons. The molecule has 26 heavy (non-hydrogen) atoms. The van der Waals surface area contributed by atoms with E-state index in [2.05, 4.69) is 15.3 Å².